The summed E-state index contributed by atoms with van der Waals surface area (Å²) in [7, 11) is 0. The van der Waals surface area contributed by atoms with Crippen LogP contribution in [0.3, 0.4) is 0 Å². The van der Waals surface area contributed by atoms with Crippen LogP contribution in [0.2, 0.25) is 0 Å². The summed E-state index contributed by atoms with van der Waals surface area (Å²) in [5.41, 5.74) is 0.628. The molecule has 0 amide bonds. The van der Waals surface area contributed by atoms with E-state index in [4.69, 9.17) is 5.11 Å². The van der Waals surface area contributed by atoms with Gasteiger partial charge in [-0.05, 0) is 25.0 Å². The maximum absolute atomic E-state index is 8.78. The smallest absolute Gasteiger partial charge is 0.151 e. The van der Waals surface area contributed by atoms with Gasteiger partial charge in [0, 0.05) is 13.1 Å². The second kappa shape index (κ2) is 3.70. The molecule has 0 spiro atoms. The van der Waals surface area contributed by atoms with Gasteiger partial charge in [0.15, 0.2) is 5.82 Å². The summed E-state index contributed by atoms with van der Waals surface area (Å²) in [6, 6.07) is 3.74. The van der Waals surface area contributed by atoms with Crippen molar-refractivity contribution >= 4 is 5.82 Å². The number of nitrogens with zero attached hydrogens (tertiary/aromatic N) is 3. The normalized spacial score (nSPS) is 16.5. The zero-order chi connectivity index (χ0) is 9.10. The molecule has 70 valence electrons. The van der Waals surface area contributed by atoms with Crippen molar-refractivity contribution in [3.63, 3.8) is 0 Å². The fourth-order valence-corrected chi connectivity index (χ4v) is 1.55. The molecule has 0 aliphatic carbocycles. The molecule has 0 saturated carbocycles. The summed E-state index contributed by atoms with van der Waals surface area (Å²) in [6.45, 7) is 2.12. The predicted molar refractivity (Wildman–Crippen MR) is 49.4 cm³/mol. The Morgan fingerprint density at radius 2 is 2.00 bits per heavy atom. The minimum Gasteiger partial charge on any atom is -0.390 e. The standard InChI is InChI=1S/C9H13N3O/c13-7-8-3-4-9(11-10-8)12-5-1-2-6-12/h3-4,13H,1-2,5-7H2. The van der Waals surface area contributed by atoms with Crippen molar-refractivity contribution in [1.82, 2.24) is 10.2 Å². The molecule has 2 rings (SSSR count). The summed E-state index contributed by atoms with van der Waals surface area (Å²) < 4.78 is 0. The Morgan fingerprint density at radius 1 is 1.23 bits per heavy atom. The minimum atomic E-state index is -0.0344. The number of aliphatic hydroxyl groups is 1. The topological polar surface area (TPSA) is 49.2 Å². The molecule has 1 N–H and O–H groups in total. The second-order valence-corrected chi connectivity index (χ2v) is 3.24. The highest BCUT2D eigenvalue weighted by Gasteiger charge is 2.13. The van der Waals surface area contributed by atoms with Crippen molar-refractivity contribution in [2.45, 2.75) is 19.4 Å². The Labute approximate surface area is 77.2 Å². The lowest BCUT2D eigenvalue weighted by Crippen LogP contribution is -2.19. The first kappa shape index (κ1) is 8.44. The Bertz CT molecular complexity index is 267. The Hall–Kier alpha value is -1.16. The number of rotatable bonds is 2. The summed E-state index contributed by atoms with van der Waals surface area (Å²) in [5, 5.41) is 16.7. The van der Waals surface area contributed by atoms with E-state index < -0.39 is 0 Å². The van der Waals surface area contributed by atoms with Crippen LogP contribution in [0, 0.1) is 0 Å². The van der Waals surface area contributed by atoms with Crippen LogP contribution >= 0.6 is 0 Å². The highest BCUT2D eigenvalue weighted by atomic mass is 16.3. The van der Waals surface area contributed by atoms with Crippen molar-refractivity contribution in [3.8, 4) is 0 Å². The first-order chi connectivity index (χ1) is 6.40. The van der Waals surface area contributed by atoms with Gasteiger partial charge >= 0.3 is 0 Å². The van der Waals surface area contributed by atoms with Gasteiger partial charge in [0.1, 0.15) is 0 Å². The molecule has 1 aliphatic heterocycles. The van der Waals surface area contributed by atoms with Gasteiger partial charge in [0.25, 0.3) is 0 Å². The van der Waals surface area contributed by atoms with Crippen LogP contribution in [-0.2, 0) is 6.61 Å². The third kappa shape index (κ3) is 1.78. The van der Waals surface area contributed by atoms with Crippen LogP contribution in [0.1, 0.15) is 18.5 Å². The fourth-order valence-electron chi connectivity index (χ4n) is 1.55. The second-order valence-electron chi connectivity index (χ2n) is 3.24. The van der Waals surface area contributed by atoms with Crippen molar-refractivity contribution in [2.24, 2.45) is 0 Å². The van der Waals surface area contributed by atoms with Gasteiger partial charge in [-0.2, -0.15) is 5.10 Å². The molecule has 0 radical (unpaired) electrons. The molecular formula is C9H13N3O. The lowest BCUT2D eigenvalue weighted by Gasteiger charge is -2.14. The van der Waals surface area contributed by atoms with Crippen LogP contribution in [0.5, 0.6) is 0 Å². The SMILES string of the molecule is OCc1ccc(N2CCCC2)nn1. The van der Waals surface area contributed by atoms with E-state index >= 15 is 0 Å². The van der Waals surface area contributed by atoms with Gasteiger partial charge in [-0.25, -0.2) is 0 Å². The monoisotopic (exact) mass is 179 g/mol. The van der Waals surface area contributed by atoms with Crippen LogP contribution in [0.25, 0.3) is 0 Å². The van der Waals surface area contributed by atoms with Gasteiger partial charge in [0.05, 0.1) is 12.3 Å². The van der Waals surface area contributed by atoms with Gasteiger partial charge in [-0.1, -0.05) is 0 Å². The van der Waals surface area contributed by atoms with E-state index in [9.17, 15) is 0 Å². The summed E-state index contributed by atoms with van der Waals surface area (Å²) in [6.07, 6.45) is 2.48. The quantitative estimate of drug-likeness (QED) is 0.721. The van der Waals surface area contributed by atoms with Crippen LogP contribution in [0.4, 0.5) is 5.82 Å². The predicted octanol–water partition coefficient (Wildman–Crippen LogP) is 0.569. The molecule has 4 heteroatoms. The molecular weight excluding hydrogens is 166 g/mol. The average Bonchev–Trinajstić information content (AvgIpc) is 2.71. The van der Waals surface area contributed by atoms with Crippen LogP contribution < -0.4 is 4.90 Å². The summed E-state index contributed by atoms with van der Waals surface area (Å²) in [5.74, 6) is 0.926. The van der Waals surface area contributed by atoms with E-state index in [1.807, 2.05) is 12.1 Å². The highest BCUT2D eigenvalue weighted by Crippen LogP contribution is 2.16. The lowest BCUT2D eigenvalue weighted by molar-refractivity contribution is 0.275. The number of anilines is 1. The molecule has 0 atom stereocenters. The number of aromatic nitrogens is 2. The fraction of sp³-hybridized carbons (Fsp3) is 0.556. The van der Waals surface area contributed by atoms with Crippen LogP contribution in [0.15, 0.2) is 12.1 Å². The molecule has 1 aliphatic rings. The van der Waals surface area contributed by atoms with Crippen LogP contribution in [-0.4, -0.2) is 28.4 Å². The van der Waals surface area contributed by atoms with E-state index in [0.717, 1.165) is 18.9 Å². The Kier molecular flexibility index (Phi) is 2.40. The van der Waals surface area contributed by atoms with Gasteiger partial charge < -0.3 is 10.0 Å². The van der Waals surface area contributed by atoms with E-state index in [1.54, 1.807) is 0 Å². The third-order valence-electron chi connectivity index (χ3n) is 2.30. The van der Waals surface area contributed by atoms with Gasteiger partial charge in [-0.15, -0.1) is 5.10 Å². The Balaban J connectivity index is 2.12. The zero-order valence-electron chi connectivity index (χ0n) is 7.48. The van der Waals surface area contributed by atoms with Gasteiger partial charge in [0.2, 0.25) is 0 Å². The zero-order valence-corrected chi connectivity index (χ0v) is 7.48. The molecule has 0 aromatic carbocycles. The van der Waals surface area contributed by atoms with Crippen molar-refractivity contribution < 1.29 is 5.11 Å². The summed E-state index contributed by atoms with van der Waals surface area (Å²) in [4.78, 5) is 2.22. The molecule has 1 aromatic rings. The molecule has 1 fully saturated rings. The molecule has 1 saturated heterocycles. The highest BCUT2D eigenvalue weighted by molar-refractivity contribution is 5.38. The maximum atomic E-state index is 8.78. The molecule has 1 aromatic heterocycles. The van der Waals surface area contributed by atoms with Crippen molar-refractivity contribution in [1.29, 1.82) is 0 Å². The third-order valence-corrected chi connectivity index (χ3v) is 2.30. The minimum absolute atomic E-state index is 0.0344. The number of hydrogen-bond donors (Lipinski definition) is 1. The van der Waals surface area contributed by atoms with E-state index in [2.05, 4.69) is 15.1 Å². The first-order valence-electron chi connectivity index (χ1n) is 4.58. The molecule has 0 bridgehead atoms. The van der Waals surface area contributed by atoms with E-state index in [0.29, 0.717) is 5.69 Å². The first-order valence-corrected chi connectivity index (χ1v) is 4.58. The number of aliphatic hydroxyl groups excluding tert-OH is 1. The molecule has 4 nitrogen and oxygen atoms in total. The molecule has 0 unspecified atom stereocenters. The number of hydrogen-bond acceptors (Lipinski definition) is 4. The average molecular weight is 179 g/mol. The Morgan fingerprint density at radius 3 is 2.54 bits per heavy atom. The molecule has 2 heterocycles. The summed E-state index contributed by atoms with van der Waals surface area (Å²) >= 11 is 0. The maximum Gasteiger partial charge on any atom is 0.151 e. The van der Waals surface area contributed by atoms with E-state index in [1.165, 1.54) is 12.8 Å². The largest absolute Gasteiger partial charge is 0.390 e. The van der Waals surface area contributed by atoms with Crippen molar-refractivity contribution in [3.05, 3.63) is 17.8 Å². The van der Waals surface area contributed by atoms with Crippen molar-refractivity contribution in [2.75, 3.05) is 18.0 Å². The van der Waals surface area contributed by atoms with E-state index in [-0.39, 0.29) is 6.61 Å². The molecule has 13 heavy (non-hydrogen) atoms. The lowest BCUT2D eigenvalue weighted by atomic mass is 10.4. The van der Waals surface area contributed by atoms with Gasteiger partial charge in [-0.3, -0.25) is 0 Å².